The zero-order chi connectivity index (χ0) is 20.2. The summed E-state index contributed by atoms with van der Waals surface area (Å²) >= 11 is 6.04. The fourth-order valence-corrected chi connectivity index (χ4v) is 3.68. The molecule has 1 N–H and O–H groups in total. The van der Waals surface area contributed by atoms with Gasteiger partial charge in [0.2, 0.25) is 5.82 Å². The molecule has 1 fully saturated rings. The normalized spacial score (nSPS) is 15.5. The van der Waals surface area contributed by atoms with Crippen molar-refractivity contribution in [1.82, 2.24) is 25.6 Å². The molecule has 1 aliphatic heterocycles. The van der Waals surface area contributed by atoms with Gasteiger partial charge in [-0.15, -0.1) is 10.2 Å². The Morgan fingerprint density at radius 1 is 1.07 bits per heavy atom. The largest absolute Gasteiger partial charge is 0.344 e. The average Bonchev–Trinajstić information content (AvgIpc) is 3.21. The van der Waals surface area contributed by atoms with E-state index in [0.717, 1.165) is 5.56 Å². The SMILES string of the molecule is Fc1cc2nc(N3CC(F)(F)C3)c(-c3nn[nH]n3)c(-c3ccccc3)c2cc1Cl. The molecule has 1 saturated heterocycles. The van der Waals surface area contributed by atoms with Gasteiger partial charge in [0, 0.05) is 17.0 Å². The molecule has 2 aromatic carbocycles. The van der Waals surface area contributed by atoms with Crippen LogP contribution in [0.25, 0.3) is 33.4 Å². The number of fused-ring (bicyclic) bond motifs is 1. The van der Waals surface area contributed by atoms with Crippen molar-refractivity contribution >= 4 is 28.3 Å². The molecule has 5 rings (SSSR count). The Balaban J connectivity index is 1.89. The first-order chi connectivity index (χ1) is 13.9. The van der Waals surface area contributed by atoms with Gasteiger partial charge in [0.25, 0.3) is 5.92 Å². The first-order valence-electron chi connectivity index (χ1n) is 8.68. The van der Waals surface area contributed by atoms with Gasteiger partial charge in [0.05, 0.1) is 29.2 Å². The zero-order valence-corrected chi connectivity index (χ0v) is 15.5. The number of benzene rings is 2. The molecule has 146 valence electrons. The Bertz CT molecular complexity index is 1210. The van der Waals surface area contributed by atoms with E-state index in [1.165, 1.54) is 17.0 Å². The van der Waals surface area contributed by atoms with Crippen LogP contribution in [0.4, 0.5) is 19.0 Å². The van der Waals surface area contributed by atoms with Crippen molar-refractivity contribution in [3.63, 3.8) is 0 Å². The summed E-state index contributed by atoms with van der Waals surface area (Å²) in [4.78, 5) is 5.90. The lowest BCUT2D eigenvalue weighted by Crippen LogP contribution is -2.56. The van der Waals surface area contributed by atoms with Crippen molar-refractivity contribution in [3.8, 4) is 22.5 Å². The summed E-state index contributed by atoms with van der Waals surface area (Å²) in [5.41, 5.74) is 2.10. The minimum Gasteiger partial charge on any atom is -0.344 e. The number of hydrogen-bond donors (Lipinski definition) is 1. The van der Waals surface area contributed by atoms with E-state index in [4.69, 9.17) is 11.6 Å². The predicted molar refractivity (Wildman–Crippen MR) is 102 cm³/mol. The van der Waals surface area contributed by atoms with Gasteiger partial charge >= 0.3 is 0 Å². The molecule has 10 heteroatoms. The second-order valence-corrected chi connectivity index (χ2v) is 7.19. The number of rotatable bonds is 3. The summed E-state index contributed by atoms with van der Waals surface area (Å²) in [5.74, 6) is -3.02. The molecule has 4 aromatic rings. The van der Waals surface area contributed by atoms with Crippen LogP contribution in [-0.4, -0.2) is 44.6 Å². The minimum atomic E-state index is -2.82. The zero-order valence-electron chi connectivity index (χ0n) is 14.7. The van der Waals surface area contributed by atoms with Crippen LogP contribution in [0.2, 0.25) is 5.02 Å². The highest BCUT2D eigenvalue weighted by Gasteiger charge is 2.46. The van der Waals surface area contributed by atoms with Crippen LogP contribution in [0.5, 0.6) is 0 Å². The maximum absolute atomic E-state index is 14.2. The third kappa shape index (κ3) is 2.98. The molecule has 0 bridgehead atoms. The van der Waals surface area contributed by atoms with Crippen molar-refractivity contribution in [2.24, 2.45) is 0 Å². The van der Waals surface area contributed by atoms with Crippen LogP contribution in [0, 0.1) is 5.82 Å². The predicted octanol–water partition coefficient (Wildman–Crippen LogP) is 4.33. The highest BCUT2D eigenvalue weighted by atomic mass is 35.5. The Morgan fingerprint density at radius 2 is 1.83 bits per heavy atom. The third-order valence-electron chi connectivity index (χ3n) is 4.78. The van der Waals surface area contributed by atoms with Crippen molar-refractivity contribution in [2.45, 2.75) is 5.92 Å². The van der Waals surface area contributed by atoms with E-state index in [9.17, 15) is 13.2 Å². The van der Waals surface area contributed by atoms with E-state index in [-0.39, 0.29) is 16.7 Å². The molecule has 1 aliphatic rings. The summed E-state index contributed by atoms with van der Waals surface area (Å²) in [6, 6.07) is 11.9. The van der Waals surface area contributed by atoms with E-state index in [0.29, 0.717) is 22.0 Å². The first kappa shape index (κ1) is 17.9. The van der Waals surface area contributed by atoms with E-state index < -0.39 is 24.8 Å². The van der Waals surface area contributed by atoms with Gasteiger partial charge in [0.15, 0.2) is 0 Å². The lowest BCUT2D eigenvalue weighted by Gasteiger charge is -2.40. The number of anilines is 1. The molecule has 0 unspecified atom stereocenters. The maximum Gasteiger partial charge on any atom is 0.282 e. The van der Waals surface area contributed by atoms with Crippen LogP contribution in [0.15, 0.2) is 42.5 Å². The van der Waals surface area contributed by atoms with Crippen LogP contribution in [0.1, 0.15) is 0 Å². The molecule has 6 nitrogen and oxygen atoms in total. The Morgan fingerprint density at radius 3 is 2.48 bits per heavy atom. The molecule has 2 aromatic heterocycles. The lowest BCUT2D eigenvalue weighted by atomic mass is 9.94. The number of aromatic nitrogens is 5. The second kappa shape index (κ2) is 6.41. The van der Waals surface area contributed by atoms with Gasteiger partial charge < -0.3 is 4.90 Å². The van der Waals surface area contributed by atoms with Gasteiger partial charge in [-0.05, 0) is 16.8 Å². The molecular formula is C19H12ClF3N6. The van der Waals surface area contributed by atoms with E-state index >= 15 is 0 Å². The van der Waals surface area contributed by atoms with Crippen LogP contribution in [0.3, 0.4) is 0 Å². The van der Waals surface area contributed by atoms with Crippen molar-refractivity contribution < 1.29 is 13.2 Å². The molecule has 29 heavy (non-hydrogen) atoms. The number of nitrogens with one attached hydrogen (secondary N) is 1. The maximum atomic E-state index is 14.2. The average molecular weight is 417 g/mol. The van der Waals surface area contributed by atoms with E-state index in [1.54, 1.807) is 0 Å². The smallest absolute Gasteiger partial charge is 0.282 e. The number of aromatic amines is 1. The number of tetrazole rings is 1. The summed E-state index contributed by atoms with van der Waals surface area (Å²) in [7, 11) is 0. The molecule has 0 saturated carbocycles. The molecule has 0 amide bonds. The monoisotopic (exact) mass is 416 g/mol. The third-order valence-corrected chi connectivity index (χ3v) is 5.07. The summed E-state index contributed by atoms with van der Waals surface area (Å²) in [5, 5.41) is 14.6. The Hall–Kier alpha value is -3.20. The van der Waals surface area contributed by atoms with Crippen LogP contribution in [-0.2, 0) is 0 Å². The standard InChI is InChI=1S/C19H12ClF3N6/c20-12-6-11-14(7-13(12)21)24-18(29-8-19(22,23)9-29)16(17-25-27-28-26-17)15(11)10-4-2-1-3-5-10/h1-7H,8-9H2,(H,25,26,27,28). The summed E-state index contributed by atoms with van der Waals surface area (Å²) in [6.45, 7) is -0.999. The van der Waals surface area contributed by atoms with Gasteiger partial charge in [0.1, 0.15) is 11.6 Å². The quantitative estimate of drug-likeness (QED) is 0.538. The van der Waals surface area contributed by atoms with Gasteiger partial charge in [-0.3, -0.25) is 0 Å². The topological polar surface area (TPSA) is 70.6 Å². The minimum absolute atomic E-state index is 0.0706. The molecular weight excluding hydrogens is 405 g/mol. The molecule has 3 heterocycles. The highest BCUT2D eigenvalue weighted by molar-refractivity contribution is 6.31. The van der Waals surface area contributed by atoms with Gasteiger partial charge in [-0.1, -0.05) is 41.9 Å². The Kier molecular flexibility index (Phi) is 3.95. The molecule has 0 aliphatic carbocycles. The fraction of sp³-hybridized carbons (Fsp3) is 0.158. The number of alkyl halides is 2. The number of H-pyrrole nitrogens is 1. The van der Waals surface area contributed by atoms with Crippen LogP contribution < -0.4 is 4.90 Å². The number of nitrogens with zero attached hydrogens (tertiary/aromatic N) is 5. The molecule has 0 spiro atoms. The van der Waals surface area contributed by atoms with E-state index in [2.05, 4.69) is 25.6 Å². The lowest BCUT2D eigenvalue weighted by molar-refractivity contribution is -0.0266. The van der Waals surface area contributed by atoms with Crippen molar-refractivity contribution in [1.29, 1.82) is 0 Å². The second-order valence-electron chi connectivity index (χ2n) is 6.78. The van der Waals surface area contributed by atoms with Crippen molar-refractivity contribution in [2.75, 3.05) is 18.0 Å². The van der Waals surface area contributed by atoms with E-state index in [1.807, 2.05) is 30.3 Å². The number of halogens is 4. The van der Waals surface area contributed by atoms with Gasteiger partial charge in [-0.2, -0.15) is 5.21 Å². The van der Waals surface area contributed by atoms with Gasteiger partial charge in [-0.25, -0.2) is 18.2 Å². The highest BCUT2D eigenvalue weighted by Crippen LogP contribution is 2.45. The number of hydrogen-bond acceptors (Lipinski definition) is 5. The van der Waals surface area contributed by atoms with Crippen molar-refractivity contribution in [3.05, 3.63) is 53.3 Å². The van der Waals surface area contributed by atoms with Crippen LogP contribution >= 0.6 is 11.6 Å². The summed E-state index contributed by atoms with van der Waals surface area (Å²) in [6.07, 6.45) is 0. The summed E-state index contributed by atoms with van der Waals surface area (Å²) < 4.78 is 41.4. The molecule has 0 atom stereocenters. The Labute approximate surface area is 167 Å². The molecule has 0 radical (unpaired) electrons. The first-order valence-corrected chi connectivity index (χ1v) is 9.05. The fourth-order valence-electron chi connectivity index (χ4n) is 3.52. The number of pyridine rings is 1.